The predicted octanol–water partition coefficient (Wildman–Crippen LogP) is 2.11. The van der Waals surface area contributed by atoms with Crippen LogP contribution in [-0.2, 0) is 17.8 Å². The number of anilines is 1. The number of aryl methyl sites for hydroxylation is 2. The maximum Gasteiger partial charge on any atom is 0.224 e. The number of amides is 1. The van der Waals surface area contributed by atoms with Crippen LogP contribution in [0.25, 0.3) is 11.0 Å². The Bertz CT molecular complexity index is 1000. The van der Waals surface area contributed by atoms with Gasteiger partial charge in [0.05, 0.1) is 30.2 Å². The quantitative estimate of drug-likeness (QED) is 0.462. The van der Waals surface area contributed by atoms with E-state index in [0.717, 1.165) is 46.4 Å². The molecule has 1 amide bonds. The molecule has 4 heterocycles. The maximum atomic E-state index is 12.3. The first-order valence-electron chi connectivity index (χ1n) is 9.77. The summed E-state index contributed by atoms with van der Waals surface area (Å²) in [6, 6.07) is 0. The third-order valence-electron chi connectivity index (χ3n) is 5.21. The summed E-state index contributed by atoms with van der Waals surface area (Å²) >= 11 is 1.53. The van der Waals surface area contributed by atoms with Crippen molar-refractivity contribution < 1.29 is 9.32 Å². The van der Waals surface area contributed by atoms with Crippen LogP contribution in [0.2, 0.25) is 0 Å². The minimum atomic E-state index is -0.0620. The number of nitrogens with one attached hydrogen (secondary N) is 1. The number of hydrogen-bond donors (Lipinski definition) is 1. The minimum Gasteiger partial charge on any atom is -0.361 e. The van der Waals surface area contributed by atoms with Crippen molar-refractivity contribution in [2.24, 2.45) is 0 Å². The van der Waals surface area contributed by atoms with E-state index in [1.54, 1.807) is 0 Å². The Balaban J connectivity index is 1.45. The number of nitrogens with zero attached hydrogens (tertiary/aromatic N) is 6. The molecule has 3 aromatic heterocycles. The number of fused-ring (bicyclic) bond motifs is 1. The predicted molar refractivity (Wildman–Crippen MR) is 111 cm³/mol. The Kier molecular flexibility index (Phi) is 5.70. The number of carbonyl (C=O) groups is 1. The van der Waals surface area contributed by atoms with Crippen LogP contribution in [0.5, 0.6) is 0 Å². The van der Waals surface area contributed by atoms with E-state index < -0.39 is 0 Å². The molecule has 1 aliphatic heterocycles. The lowest BCUT2D eigenvalue weighted by molar-refractivity contribution is -0.120. The highest BCUT2D eigenvalue weighted by Crippen LogP contribution is 2.28. The zero-order valence-corrected chi connectivity index (χ0v) is 17.8. The van der Waals surface area contributed by atoms with Crippen molar-refractivity contribution in [1.29, 1.82) is 0 Å². The van der Waals surface area contributed by atoms with Crippen LogP contribution < -0.4 is 10.2 Å². The molecule has 29 heavy (non-hydrogen) atoms. The van der Waals surface area contributed by atoms with Gasteiger partial charge in [-0.05, 0) is 32.9 Å². The first kappa shape index (κ1) is 19.7. The van der Waals surface area contributed by atoms with Crippen molar-refractivity contribution >= 4 is 34.5 Å². The summed E-state index contributed by atoms with van der Waals surface area (Å²) in [5.41, 5.74) is 2.41. The summed E-state index contributed by atoms with van der Waals surface area (Å²) in [5, 5.41) is 13.1. The summed E-state index contributed by atoms with van der Waals surface area (Å²) in [4.78, 5) is 24.0. The molecule has 1 N–H and O–H groups in total. The maximum absolute atomic E-state index is 12.3. The Labute approximate surface area is 173 Å². The second-order valence-corrected chi connectivity index (χ2v) is 7.94. The van der Waals surface area contributed by atoms with E-state index in [1.165, 1.54) is 24.6 Å². The lowest BCUT2D eigenvalue weighted by Gasteiger charge is -2.17. The number of aromatic nitrogens is 5. The van der Waals surface area contributed by atoms with E-state index >= 15 is 0 Å². The van der Waals surface area contributed by atoms with Crippen LogP contribution in [0.15, 0.2) is 15.9 Å². The zero-order valence-electron chi connectivity index (χ0n) is 16.9. The highest BCUT2D eigenvalue weighted by molar-refractivity contribution is 7.98. The van der Waals surface area contributed by atoms with Gasteiger partial charge in [-0.25, -0.2) is 14.6 Å². The van der Waals surface area contributed by atoms with Crippen molar-refractivity contribution in [3.8, 4) is 0 Å². The van der Waals surface area contributed by atoms with E-state index in [9.17, 15) is 4.79 Å². The monoisotopic (exact) mass is 415 g/mol. The zero-order chi connectivity index (χ0) is 20.4. The number of rotatable bonds is 7. The first-order valence-corrected chi connectivity index (χ1v) is 11.0. The molecule has 0 aromatic carbocycles. The van der Waals surface area contributed by atoms with E-state index in [4.69, 9.17) is 9.51 Å². The molecular weight excluding hydrogens is 390 g/mol. The molecule has 1 fully saturated rings. The molecule has 0 bridgehead atoms. The molecule has 0 unspecified atom stereocenters. The van der Waals surface area contributed by atoms with Gasteiger partial charge >= 0.3 is 0 Å². The van der Waals surface area contributed by atoms with Crippen molar-refractivity contribution in [2.45, 2.75) is 44.8 Å². The summed E-state index contributed by atoms with van der Waals surface area (Å²) in [7, 11) is 0. The Morgan fingerprint density at radius 1 is 1.28 bits per heavy atom. The fraction of sp³-hybridized carbons (Fsp3) is 0.526. The highest BCUT2D eigenvalue weighted by Gasteiger charge is 2.20. The lowest BCUT2D eigenvalue weighted by atomic mass is 10.1. The largest absolute Gasteiger partial charge is 0.361 e. The fourth-order valence-corrected chi connectivity index (χ4v) is 3.98. The average Bonchev–Trinajstić information content (AvgIpc) is 3.45. The van der Waals surface area contributed by atoms with Crippen LogP contribution in [-0.4, -0.2) is 56.7 Å². The molecule has 0 aliphatic carbocycles. The van der Waals surface area contributed by atoms with Gasteiger partial charge in [0.1, 0.15) is 11.6 Å². The van der Waals surface area contributed by atoms with Gasteiger partial charge in [-0.1, -0.05) is 16.9 Å². The first-order chi connectivity index (χ1) is 14.1. The molecule has 9 nitrogen and oxygen atoms in total. The molecule has 1 saturated heterocycles. The van der Waals surface area contributed by atoms with Gasteiger partial charge in [0, 0.05) is 25.2 Å². The summed E-state index contributed by atoms with van der Waals surface area (Å²) in [5.74, 6) is 1.59. The van der Waals surface area contributed by atoms with Gasteiger partial charge in [0.15, 0.2) is 10.8 Å². The van der Waals surface area contributed by atoms with E-state index in [0.29, 0.717) is 18.8 Å². The van der Waals surface area contributed by atoms with E-state index in [1.807, 2.05) is 31.0 Å². The Morgan fingerprint density at radius 3 is 2.76 bits per heavy atom. The van der Waals surface area contributed by atoms with Crippen LogP contribution in [0, 0.1) is 13.8 Å². The van der Waals surface area contributed by atoms with Crippen LogP contribution in [0.1, 0.15) is 29.9 Å². The average molecular weight is 416 g/mol. The van der Waals surface area contributed by atoms with Gasteiger partial charge < -0.3 is 14.7 Å². The summed E-state index contributed by atoms with van der Waals surface area (Å²) < 4.78 is 6.96. The van der Waals surface area contributed by atoms with Crippen LogP contribution >= 0.6 is 11.8 Å². The molecule has 0 atom stereocenters. The smallest absolute Gasteiger partial charge is 0.224 e. The van der Waals surface area contributed by atoms with E-state index in [2.05, 4.69) is 25.5 Å². The molecule has 3 aromatic rings. The van der Waals surface area contributed by atoms with Crippen molar-refractivity contribution in [2.75, 3.05) is 30.8 Å². The van der Waals surface area contributed by atoms with Crippen LogP contribution in [0.3, 0.4) is 0 Å². The number of thioether (sulfide) groups is 1. The summed E-state index contributed by atoms with van der Waals surface area (Å²) in [6.45, 7) is 6.71. The number of carbonyl (C=O) groups excluding carboxylic acids is 1. The number of hydrogen-bond acceptors (Lipinski definition) is 8. The molecule has 1 aliphatic rings. The SMILES string of the molecule is CSc1nc(N2CCCC2)c2cnn(CCNC(=O)Cc3c(C)noc3C)c2n1. The third kappa shape index (κ3) is 4.07. The Hall–Kier alpha value is -2.62. The van der Waals surface area contributed by atoms with Gasteiger partial charge in [0.2, 0.25) is 5.91 Å². The second kappa shape index (κ2) is 8.40. The van der Waals surface area contributed by atoms with Crippen molar-refractivity contribution in [1.82, 2.24) is 30.2 Å². The van der Waals surface area contributed by atoms with Gasteiger partial charge in [-0.2, -0.15) is 5.10 Å². The standard InChI is InChI=1S/C19H25N7O2S/c1-12-14(13(2)28-24-12)10-16(27)20-6-9-26-18-15(11-21-26)17(22-19(23-18)29-3)25-7-4-5-8-25/h11H,4-10H2,1-3H3,(H,20,27). The molecular formula is C19H25N7O2S. The molecule has 154 valence electrons. The van der Waals surface area contributed by atoms with E-state index in [-0.39, 0.29) is 12.3 Å². The normalized spacial score (nSPS) is 14.1. The van der Waals surface area contributed by atoms with Crippen molar-refractivity contribution in [3.05, 3.63) is 23.2 Å². The van der Waals surface area contributed by atoms with Gasteiger partial charge in [-0.3, -0.25) is 4.79 Å². The fourth-order valence-electron chi connectivity index (χ4n) is 3.62. The lowest BCUT2D eigenvalue weighted by Crippen LogP contribution is -2.29. The van der Waals surface area contributed by atoms with Crippen molar-refractivity contribution in [3.63, 3.8) is 0 Å². The highest BCUT2D eigenvalue weighted by atomic mass is 32.2. The molecule has 10 heteroatoms. The topological polar surface area (TPSA) is 102 Å². The van der Waals surface area contributed by atoms with Gasteiger partial charge in [0.25, 0.3) is 0 Å². The second-order valence-electron chi connectivity index (χ2n) is 7.16. The third-order valence-corrected chi connectivity index (χ3v) is 5.76. The Morgan fingerprint density at radius 2 is 2.07 bits per heavy atom. The summed E-state index contributed by atoms with van der Waals surface area (Å²) in [6.07, 6.45) is 6.44. The molecule has 4 rings (SSSR count). The molecule has 0 saturated carbocycles. The van der Waals surface area contributed by atoms with Gasteiger partial charge in [-0.15, -0.1) is 0 Å². The van der Waals surface area contributed by atoms with Crippen LogP contribution in [0.4, 0.5) is 5.82 Å². The minimum absolute atomic E-state index is 0.0620. The molecule has 0 radical (unpaired) electrons. The molecule has 0 spiro atoms.